The highest BCUT2D eigenvalue weighted by atomic mass is 35.5. The molecule has 0 bridgehead atoms. The number of carbonyl (C=O) groups is 1. The fourth-order valence-electron chi connectivity index (χ4n) is 2.17. The maximum absolute atomic E-state index is 12.3. The SMILES string of the molecule is CCC(Cc1ccccc1)N(C)C(=O)C(C)C(C)N.Cl. The van der Waals surface area contributed by atoms with Gasteiger partial charge in [-0.15, -0.1) is 12.4 Å². The van der Waals surface area contributed by atoms with Gasteiger partial charge < -0.3 is 10.6 Å². The molecule has 1 amide bonds. The summed E-state index contributed by atoms with van der Waals surface area (Å²) in [5, 5.41) is 0. The van der Waals surface area contributed by atoms with Crippen molar-refractivity contribution in [3.8, 4) is 0 Å². The van der Waals surface area contributed by atoms with Gasteiger partial charge in [-0.2, -0.15) is 0 Å². The number of hydrogen-bond donors (Lipinski definition) is 1. The summed E-state index contributed by atoms with van der Waals surface area (Å²) in [5.74, 6) is 0.00704. The molecule has 4 heteroatoms. The average molecular weight is 299 g/mol. The Kier molecular flexibility index (Phi) is 8.51. The molecule has 0 fully saturated rings. The molecule has 0 saturated heterocycles. The van der Waals surface area contributed by atoms with Crippen LogP contribution in [0, 0.1) is 5.92 Å². The summed E-state index contributed by atoms with van der Waals surface area (Å²) in [6.45, 7) is 5.90. The molecule has 20 heavy (non-hydrogen) atoms. The largest absolute Gasteiger partial charge is 0.342 e. The Morgan fingerprint density at radius 3 is 2.25 bits per heavy atom. The number of benzene rings is 1. The van der Waals surface area contributed by atoms with E-state index in [-0.39, 0.29) is 36.3 Å². The van der Waals surface area contributed by atoms with Gasteiger partial charge in [0.2, 0.25) is 5.91 Å². The normalized spacial score (nSPS) is 14.8. The minimum Gasteiger partial charge on any atom is -0.342 e. The van der Waals surface area contributed by atoms with E-state index < -0.39 is 0 Å². The standard InChI is InChI=1S/C16H26N2O.ClH/c1-5-15(11-14-9-7-6-8-10-14)18(4)16(19)12(2)13(3)17;/h6-10,12-13,15H,5,11,17H2,1-4H3;1H. The smallest absolute Gasteiger partial charge is 0.226 e. The first kappa shape index (κ1) is 18.9. The van der Waals surface area contributed by atoms with Gasteiger partial charge in [0.1, 0.15) is 0 Å². The van der Waals surface area contributed by atoms with Crippen LogP contribution in [0.3, 0.4) is 0 Å². The van der Waals surface area contributed by atoms with Crippen molar-refractivity contribution in [1.29, 1.82) is 0 Å². The van der Waals surface area contributed by atoms with E-state index in [2.05, 4.69) is 19.1 Å². The predicted octanol–water partition coefficient (Wildman–Crippen LogP) is 2.87. The quantitative estimate of drug-likeness (QED) is 0.878. The van der Waals surface area contributed by atoms with Crippen LogP contribution in [0.2, 0.25) is 0 Å². The molecule has 1 rings (SSSR count). The lowest BCUT2D eigenvalue weighted by atomic mass is 9.98. The summed E-state index contributed by atoms with van der Waals surface area (Å²) in [6, 6.07) is 10.4. The molecule has 1 aromatic rings. The first-order valence-corrected chi connectivity index (χ1v) is 7.03. The maximum atomic E-state index is 12.3. The molecule has 0 spiro atoms. The van der Waals surface area contributed by atoms with Gasteiger partial charge in [-0.1, -0.05) is 44.2 Å². The van der Waals surface area contributed by atoms with Gasteiger partial charge in [-0.05, 0) is 25.3 Å². The summed E-state index contributed by atoms with van der Waals surface area (Å²) >= 11 is 0. The lowest BCUT2D eigenvalue weighted by molar-refractivity contribution is -0.136. The van der Waals surface area contributed by atoms with Crippen molar-refractivity contribution in [1.82, 2.24) is 4.90 Å². The molecule has 2 N–H and O–H groups in total. The van der Waals surface area contributed by atoms with E-state index >= 15 is 0 Å². The molecule has 0 aliphatic heterocycles. The zero-order chi connectivity index (χ0) is 14.4. The first-order valence-electron chi connectivity index (χ1n) is 7.03. The third-order valence-electron chi connectivity index (χ3n) is 3.86. The van der Waals surface area contributed by atoms with E-state index in [0.717, 1.165) is 12.8 Å². The number of amides is 1. The molecule has 3 atom stereocenters. The van der Waals surface area contributed by atoms with Gasteiger partial charge in [-0.3, -0.25) is 4.79 Å². The predicted molar refractivity (Wildman–Crippen MR) is 87.1 cm³/mol. The Balaban J connectivity index is 0.00000361. The van der Waals surface area contributed by atoms with Gasteiger partial charge in [0.25, 0.3) is 0 Å². The molecule has 3 unspecified atom stereocenters. The van der Waals surface area contributed by atoms with E-state index in [1.807, 2.05) is 44.0 Å². The van der Waals surface area contributed by atoms with Crippen molar-refractivity contribution in [2.45, 2.75) is 45.7 Å². The Morgan fingerprint density at radius 2 is 1.80 bits per heavy atom. The Morgan fingerprint density at radius 1 is 1.25 bits per heavy atom. The Hall–Kier alpha value is -1.06. The summed E-state index contributed by atoms with van der Waals surface area (Å²) in [6.07, 6.45) is 1.84. The minimum absolute atomic E-state index is 0. The molecule has 0 aromatic heterocycles. The fraction of sp³-hybridized carbons (Fsp3) is 0.562. The van der Waals surface area contributed by atoms with Crippen molar-refractivity contribution < 1.29 is 4.79 Å². The van der Waals surface area contributed by atoms with Crippen molar-refractivity contribution >= 4 is 18.3 Å². The van der Waals surface area contributed by atoms with Crippen LogP contribution < -0.4 is 5.73 Å². The zero-order valence-corrected chi connectivity index (χ0v) is 13.7. The van der Waals surface area contributed by atoms with Gasteiger partial charge in [0.05, 0.1) is 5.92 Å². The van der Waals surface area contributed by atoms with Crippen molar-refractivity contribution in [2.75, 3.05) is 7.05 Å². The number of likely N-dealkylation sites (N-methyl/N-ethyl adjacent to an activating group) is 1. The lowest BCUT2D eigenvalue weighted by Gasteiger charge is -2.31. The highest BCUT2D eigenvalue weighted by molar-refractivity contribution is 5.85. The highest BCUT2D eigenvalue weighted by Crippen LogP contribution is 2.14. The van der Waals surface area contributed by atoms with Crippen molar-refractivity contribution in [2.24, 2.45) is 11.7 Å². The molecule has 3 nitrogen and oxygen atoms in total. The van der Waals surface area contributed by atoms with E-state index in [0.29, 0.717) is 0 Å². The third kappa shape index (κ3) is 5.14. The summed E-state index contributed by atoms with van der Waals surface area (Å²) in [4.78, 5) is 14.2. The highest BCUT2D eigenvalue weighted by Gasteiger charge is 2.25. The maximum Gasteiger partial charge on any atom is 0.226 e. The van der Waals surface area contributed by atoms with E-state index in [4.69, 9.17) is 5.73 Å². The molecule has 1 aromatic carbocycles. The Labute approximate surface area is 128 Å². The summed E-state index contributed by atoms with van der Waals surface area (Å²) < 4.78 is 0. The average Bonchev–Trinajstić information content (AvgIpc) is 2.43. The number of nitrogens with zero attached hydrogens (tertiary/aromatic N) is 1. The Bertz CT molecular complexity index is 395. The van der Waals surface area contributed by atoms with Crippen molar-refractivity contribution in [3.05, 3.63) is 35.9 Å². The minimum atomic E-state index is -0.130. The fourth-order valence-corrected chi connectivity index (χ4v) is 2.17. The molecule has 0 radical (unpaired) electrons. The second-order valence-electron chi connectivity index (χ2n) is 5.35. The van der Waals surface area contributed by atoms with Crippen LogP contribution in [-0.2, 0) is 11.2 Å². The number of carbonyl (C=O) groups excluding carboxylic acids is 1. The van der Waals surface area contributed by atoms with Crippen LogP contribution in [0.4, 0.5) is 0 Å². The van der Waals surface area contributed by atoms with Gasteiger partial charge in [0, 0.05) is 19.1 Å². The van der Waals surface area contributed by atoms with E-state index in [1.54, 1.807) is 0 Å². The van der Waals surface area contributed by atoms with Crippen LogP contribution >= 0.6 is 12.4 Å². The number of halogens is 1. The molecular formula is C16H27ClN2O. The van der Waals surface area contributed by atoms with E-state index in [9.17, 15) is 4.79 Å². The van der Waals surface area contributed by atoms with Crippen molar-refractivity contribution in [3.63, 3.8) is 0 Å². The summed E-state index contributed by atoms with van der Waals surface area (Å²) in [5.41, 5.74) is 7.09. The molecule has 0 aliphatic rings. The second kappa shape index (κ2) is 8.98. The summed E-state index contributed by atoms with van der Waals surface area (Å²) in [7, 11) is 1.89. The topological polar surface area (TPSA) is 46.3 Å². The van der Waals surface area contributed by atoms with E-state index in [1.165, 1.54) is 5.56 Å². The monoisotopic (exact) mass is 298 g/mol. The first-order chi connectivity index (χ1) is 8.97. The third-order valence-corrected chi connectivity index (χ3v) is 3.86. The zero-order valence-electron chi connectivity index (χ0n) is 12.9. The van der Waals surface area contributed by atoms with Gasteiger partial charge in [-0.25, -0.2) is 0 Å². The van der Waals surface area contributed by atoms with Crippen LogP contribution in [0.25, 0.3) is 0 Å². The molecule has 114 valence electrons. The number of rotatable bonds is 6. The van der Waals surface area contributed by atoms with Gasteiger partial charge in [0.15, 0.2) is 0 Å². The van der Waals surface area contributed by atoms with Crippen LogP contribution in [0.15, 0.2) is 30.3 Å². The molecular weight excluding hydrogens is 272 g/mol. The second-order valence-corrected chi connectivity index (χ2v) is 5.35. The van der Waals surface area contributed by atoms with Crippen LogP contribution in [0.1, 0.15) is 32.8 Å². The lowest BCUT2D eigenvalue weighted by Crippen LogP contribution is -2.45. The van der Waals surface area contributed by atoms with Crippen LogP contribution in [0.5, 0.6) is 0 Å². The van der Waals surface area contributed by atoms with Gasteiger partial charge >= 0.3 is 0 Å². The van der Waals surface area contributed by atoms with Crippen LogP contribution in [-0.4, -0.2) is 29.9 Å². The number of hydrogen-bond acceptors (Lipinski definition) is 2. The molecule has 0 aliphatic carbocycles. The number of nitrogens with two attached hydrogens (primary N) is 1. The molecule has 0 saturated carbocycles. The molecule has 0 heterocycles.